The smallest absolute Gasteiger partial charge is 0.255 e. The van der Waals surface area contributed by atoms with Gasteiger partial charge in [0.2, 0.25) is 0 Å². The molecule has 0 bridgehead atoms. The maximum Gasteiger partial charge on any atom is 0.255 e. The first-order chi connectivity index (χ1) is 10.2. The van der Waals surface area contributed by atoms with Crippen LogP contribution < -0.4 is 0 Å². The van der Waals surface area contributed by atoms with Crippen molar-refractivity contribution in [3.8, 4) is 0 Å². The predicted molar refractivity (Wildman–Crippen MR) is 83.8 cm³/mol. The topological polar surface area (TPSA) is 20.3 Å². The number of nitrogens with zero attached hydrogens (tertiary/aromatic N) is 1. The van der Waals surface area contributed by atoms with Gasteiger partial charge < -0.3 is 4.90 Å². The van der Waals surface area contributed by atoms with Gasteiger partial charge in [-0.05, 0) is 40.0 Å². The SMILES string of the molecule is O=C(c1cccc(F)c1Br)N1CCC(c2ccccc2)C1. The first-order valence-corrected chi connectivity index (χ1v) is 7.74. The third-order valence-corrected chi connectivity index (χ3v) is 4.73. The molecule has 0 aromatic heterocycles. The van der Waals surface area contributed by atoms with Crippen LogP contribution in [-0.2, 0) is 0 Å². The van der Waals surface area contributed by atoms with E-state index >= 15 is 0 Å². The quantitative estimate of drug-likeness (QED) is 0.796. The Morgan fingerprint density at radius 3 is 2.67 bits per heavy atom. The van der Waals surface area contributed by atoms with Crippen LogP contribution in [0.1, 0.15) is 28.3 Å². The van der Waals surface area contributed by atoms with E-state index in [1.807, 2.05) is 18.2 Å². The van der Waals surface area contributed by atoms with Gasteiger partial charge in [-0.3, -0.25) is 4.79 Å². The summed E-state index contributed by atoms with van der Waals surface area (Å²) in [5.74, 6) is -0.151. The van der Waals surface area contributed by atoms with Gasteiger partial charge in [0.1, 0.15) is 5.82 Å². The fourth-order valence-corrected chi connectivity index (χ4v) is 3.22. The highest BCUT2D eigenvalue weighted by molar-refractivity contribution is 9.10. The van der Waals surface area contributed by atoms with Crippen molar-refractivity contribution in [3.05, 3.63) is 69.9 Å². The number of halogens is 2. The fourth-order valence-electron chi connectivity index (χ4n) is 2.78. The molecule has 1 saturated heterocycles. The summed E-state index contributed by atoms with van der Waals surface area (Å²) in [7, 11) is 0. The standard InChI is InChI=1S/C17H15BrFNO/c18-16-14(7-4-8-15(16)19)17(21)20-10-9-13(11-20)12-5-2-1-3-6-12/h1-8,13H,9-11H2. The van der Waals surface area contributed by atoms with E-state index < -0.39 is 5.82 Å². The summed E-state index contributed by atoms with van der Waals surface area (Å²) in [5.41, 5.74) is 1.65. The van der Waals surface area contributed by atoms with Gasteiger partial charge in [0, 0.05) is 19.0 Å². The number of amides is 1. The lowest BCUT2D eigenvalue weighted by Crippen LogP contribution is -2.28. The van der Waals surface area contributed by atoms with Crippen molar-refractivity contribution < 1.29 is 9.18 Å². The number of carbonyl (C=O) groups excluding carboxylic acids is 1. The van der Waals surface area contributed by atoms with Crippen LogP contribution in [0.15, 0.2) is 53.0 Å². The zero-order valence-corrected chi connectivity index (χ0v) is 13.0. The minimum absolute atomic E-state index is 0.111. The van der Waals surface area contributed by atoms with Gasteiger partial charge in [0.05, 0.1) is 10.0 Å². The van der Waals surface area contributed by atoms with Crippen LogP contribution in [0.2, 0.25) is 0 Å². The lowest BCUT2D eigenvalue weighted by atomic mass is 9.99. The summed E-state index contributed by atoms with van der Waals surface area (Å²) < 4.78 is 13.8. The molecule has 108 valence electrons. The first-order valence-electron chi connectivity index (χ1n) is 6.95. The fraction of sp³-hybridized carbons (Fsp3) is 0.235. The Bertz CT molecular complexity index is 659. The third-order valence-electron chi connectivity index (χ3n) is 3.93. The predicted octanol–water partition coefficient (Wildman–Crippen LogP) is 4.22. The van der Waals surface area contributed by atoms with Gasteiger partial charge in [0.15, 0.2) is 0 Å². The second-order valence-corrected chi connectivity index (χ2v) is 6.04. The average molecular weight is 348 g/mol. The normalized spacial score (nSPS) is 18.0. The molecule has 0 aliphatic carbocycles. The van der Waals surface area contributed by atoms with Crippen molar-refractivity contribution in [1.82, 2.24) is 4.90 Å². The van der Waals surface area contributed by atoms with Gasteiger partial charge in [0.25, 0.3) is 5.91 Å². The minimum atomic E-state index is -0.403. The van der Waals surface area contributed by atoms with E-state index in [1.54, 1.807) is 17.0 Å². The van der Waals surface area contributed by atoms with Gasteiger partial charge in [-0.25, -0.2) is 4.39 Å². The van der Waals surface area contributed by atoms with Crippen LogP contribution in [0.5, 0.6) is 0 Å². The molecule has 1 fully saturated rings. The Kier molecular flexibility index (Phi) is 4.06. The van der Waals surface area contributed by atoms with Crippen LogP contribution in [-0.4, -0.2) is 23.9 Å². The van der Waals surface area contributed by atoms with Crippen LogP contribution in [0.3, 0.4) is 0 Å². The Labute approximate surface area is 131 Å². The highest BCUT2D eigenvalue weighted by Crippen LogP contribution is 2.29. The zero-order chi connectivity index (χ0) is 14.8. The van der Waals surface area contributed by atoms with E-state index in [1.165, 1.54) is 11.6 Å². The monoisotopic (exact) mass is 347 g/mol. The number of carbonyl (C=O) groups is 1. The van der Waals surface area contributed by atoms with Gasteiger partial charge in [-0.1, -0.05) is 36.4 Å². The second-order valence-electron chi connectivity index (χ2n) is 5.25. The summed E-state index contributed by atoms with van der Waals surface area (Å²) in [4.78, 5) is 14.3. The molecule has 1 aliphatic heterocycles. The van der Waals surface area contributed by atoms with Crippen LogP contribution in [0.4, 0.5) is 4.39 Å². The summed E-state index contributed by atoms with van der Waals surface area (Å²) >= 11 is 3.17. The molecule has 0 saturated carbocycles. The molecule has 2 aromatic carbocycles. The first kappa shape index (κ1) is 14.3. The number of hydrogen-bond donors (Lipinski definition) is 0. The molecular weight excluding hydrogens is 333 g/mol. The van der Waals surface area contributed by atoms with Crippen molar-refractivity contribution in [2.75, 3.05) is 13.1 Å². The molecule has 4 heteroatoms. The van der Waals surface area contributed by atoms with Gasteiger partial charge in [-0.2, -0.15) is 0 Å². The molecule has 2 aromatic rings. The number of hydrogen-bond acceptors (Lipinski definition) is 1. The van der Waals surface area contributed by atoms with E-state index in [0.717, 1.165) is 6.42 Å². The summed E-state index contributed by atoms with van der Waals surface area (Å²) in [5, 5.41) is 0. The summed E-state index contributed by atoms with van der Waals surface area (Å²) in [6, 6.07) is 14.8. The van der Waals surface area contributed by atoms with E-state index in [2.05, 4.69) is 28.1 Å². The zero-order valence-electron chi connectivity index (χ0n) is 11.4. The van der Waals surface area contributed by atoms with E-state index in [9.17, 15) is 9.18 Å². The Balaban J connectivity index is 1.77. The maximum atomic E-state index is 13.6. The molecule has 0 radical (unpaired) electrons. The van der Waals surface area contributed by atoms with E-state index in [-0.39, 0.29) is 10.4 Å². The van der Waals surface area contributed by atoms with Crippen molar-refractivity contribution in [1.29, 1.82) is 0 Å². The van der Waals surface area contributed by atoms with Crippen molar-refractivity contribution in [3.63, 3.8) is 0 Å². The van der Waals surface area contributed by atoms with E-state index in [4.69, 9.17) is 0 Å². The number of rotatable bonds is 2. The molecule has 21 heavy (non-hydrogen) atoms. The van der Waals surface area contributed by atoms with Crippen LogP contribution in [0, 0.1) is 5.82 Å². The lowest BCUT2D eigenvalue weighted by Gasteiger charge is -2.17. The van der Waals surface area contributed by atoms with Crippen molar-refractivity contribution in [2.24, 2.45) is 0 Å². The Morgan fingerprint density at radius 2 is 1.90 bits per heavy atom. The third kappa shape index (κ3) is 2.86. The molecular formula is C17H15BrFNO. The number of benzene rings is 2. The molecule has 0 N–H and O–H groups in total. The van der Waals surface area contributed by atoms with Crippen LogP contribution in [0.25, 0.3) is 0 Å². The highest BCUT2D eigenvalue weighted by Gasteiger charge is 2.29. The molecule has 1 atom stereocenters. The van der Waals surface area contributed by atoms with Crippen molar-refractivity contribution in [2.45, 2.75) is 12.3 Å². The average Bonchev–Trinajstić information content (AvgIpc) is 3.00. The Hall–Kier alpha value is -1.68. The largest absolute Gasteiger partial charge is 0.338 e. The Morgan fingerprint density at radius 1 is 1.14 bits per heavy atom. The molecule has 1 amide bonds. The number of likely N-dealkylation sites (tertiary alicyclic amines) is 1. The molecule has 1 unspecified atom stereocenters. The molecule has 3 rings (SSSR count). The van der Waals surface area contributed by atoms with Gasteiger partial charge in [-0.15, -0.1) is 0 Å². The molecule has 0 spiro atoms. The highest BCUT2D eigenvalue weighted by atomic mass is 79.9. The second kappa shape index (κ2) is 5.98. The minimum Gasteiger partial charge on any atom is -0.338 e. The van der Waals surface area contributed by atoms with Gasteiger partial charge >= 0.3 is 0 Å². The summed E-state index contributed by atoms with van der Waals surface area (Å²) in [6.45, 7) is 1.40. The van der Waals surface area contributed by atoms with Crippen LogP contribution >= 0.6 is 15.9 Å². The lowest BCUT2D eigenvalue weighted by molar-refractivity contribution is 0.0789. The van der Waals surface area contributed by atoms with E-state index in [0.29, 0.717) is 24.6 Å². The molecule has 1 aliphatic rings. The molecule has 1 heterocycles. The summed E-state index contributed by atoms with van der Waals surface area (Å²) in [6.07, 6.45) is 0.947. The van der Waals surface area contributed by atoms with Crippen molar-refractivity contribution >= 4 is 21.8 Å². The maximum absolute atomic E-state index is 13.6. The molecule has 2 nitrogen and oxygen atoms in total.